The number of ether oxygens (including phenoxy) is 1. The SMILES string of the molecule is COc1ccc(-c2nc3n(n2)[C@@H](c2ccncc2)C(C(N)=O)=C(C)N3)cc1. The van der Waals surface area contributed by atoms with Crippen molar-refractivity contribution >= 4 is 11.9 Å². The Morgan fingerprint density at radius 3 is 2.52 bits per heavy atom. The summed E-state index contributed by atoms with van der Waals surface area (Å²) in [4.78, 5) is 20.8. The molecule has 1 aliphatic rings. The minimum absolute atomic E-state index is 0.444. The van der Waals surface area contributed by atoms with Gasteiger partial charge in [0.2, 0.25) is 11.9 Å². The molecule has 0 unspecified atom stereocenters. The minimum atomic E-state index is -0.506. The van der Waals surface area contributed by atoms with Crippen LogP contribution in [0.15, 0.2) is 60.1 Å². The predicted octanol–water partition coefficient (Wildman–Crippen LogP) is 2.12. The fraction of sp³-hybridized carbons (Fsp3) is 0.158. The van der Waals surface area contributed by atoms with Gasteiger partial charge in [0.05, 0.1) is 12.7 Å². The highest BCUT2D eigenvalue weighted by Crippen LogP contribution is 2.35. The third-order valence-corrected chi connectivity index (χ3v) is 4.49. The van der Waals surface area contributed by atoms with Crippen LogP contribution in [-0.2, 0) is 4.79 Å². The van der Waals surface area contributed by atoms with E-state index in [0.29, 0.717) is 23.0 Å². The van der Waals surface area contributed by atoms with Crippen molar-refractivity contribution in [1.29, 1.82) is 0 Å². The summed E-state index contributed by atoms with van der Waals surface area (Å²) >= 11 is 0. The normalized spacial score (nSPS) is 15.9. The maximum absolute atomic E-state index is 12.1. The van der Waals surface area contributed by atoms with Crippen LogP contribution in [0.5, 0.6) is 5.75 Å². The molecule has 8 heteroatoms. The van der Waals surface area contributed by atoms with Gasteiger partial charge in [0.25, 0.3) is 0 Å². The van der Waals surface area contributed by atoms with E-state index in [1.807, 2.05) is 36.4 Å². The molecular weight excluding hydrogens is 344 g/mol. The Labute approximate surface area is 155 Å². The van der Waals surface area contributed by atoms with Crippen molar-refractivity contribution in [2.75, 3.05) is 12.4 Å². The van der Waals surface area contributed by atoms with Crippen LogP contribution >= 0.6 is 0 Å². The van der Waals surface area contributed by atoms with Gasteiger partial charge in [-0.1, -0.05) is 0 Å². The Hall–Kier alpha value is -3.68. The van der Waals surface area contributed by atoms with Crippen molar-refractivity contribution in [3.63, 3.8) is 0 Å². The van der Waals surface area contributed by atoms with Crippen LogP contribution in [0.2, 0.25) is 0 Å². The van der Waals surface area contributed by atoms with Crippen LogP contribution in [0.25, 0.3) is 11.4 Å². The zero-order chi connectivity index (χ0) is 19.0. The number of nitrogens with zero attached hydrogens (tertiary/aromatic N) is 4. The number of primary amides is 1. The highest BCUT2D eigenvalue weighted by atomic mass is 16.5. The van der Waals surface area contributed by atoms with Crippen LogP contribution in [0.3, 0.4) is 0 Å². The third-order valence-electron chi connectivity index (χ3n) is 4.49. The van der Waals surface area contributed by atoms with E-state index in [0.717, 1.165) is 16.9 Å². The topological polar surface area (TPSA) is 108 Å². The highest BCUT2D eigenvalue weighted by Gasteiger charge is 2.33. The van der Waals surface area contributed by atoms with Crippen molar-refractivity contribution in [3.8, 4) is 17.1 Å². The molecule has 0 radical (unpaired) electrons. The Bertz CT molecular complexity index is 1020. The molecule has 0 fully saturated rings. The van der Waals surface area contributed by atoms with E-state index >= 15 is 0 Å². The smallest absolute Gasteiger partial charge is 0.248 e. The number of carbonyl (C=O) groups excluding carboxylic acids is 1. The van der Waals surface area contributed by atoms with Crippen molar-refractivity contribution in [1.82, 2.24) is 19.7 Å². The first-order valence-electron chi connectivity index (χ1n) is 8.37. The monoisotopic (exact) mass is 362 g/mol. The second kappa shape index (κ2) is 6.56. The van der Waals surface area contributed by atoms with Gasteiger partial charge in [-0.15, -0.1) is 5.10 Å². The number of aromatic nitrogens is 4. The summed E-state index contributed by atoms with van der Waals surface area (Å²) in [5.74, 6) is 1.33. The molecule has 1 aliphatic heterocycles. The molecule has 0 saturated carbocycles. The van der Waals surface area contributed by atoms with E-state index in [2.05, 4.69) is 20.4 Å². The quantitative estimate of drug-likeness (QED) is 0.736. The summed E-state index contributed by atoms with van der Waals surface area (Å²) in [7, 11) is 1.62. The number of nitrogens with two attached hydrogens (primary N) is 1. The number of hydrogen-bond donors (Lipinski definition) is 2. The third kappa shape index (κ3) is 2.91. The predicted molar refractivity (Wildman–Crippen MR) is 99.9 cm³/mol. The van der Waals surface area contributed by atoms with Crippen LogP contribution in [0.4, 0.5) is 5.95 Å². The number of methoxy groups -OCH3 is 1. The number of rotatable bonds is 4. The van der Waals surface area contributed by atoms with E-state index in [1.54, 1.807) is 31.1 Å². The summed E-state index contributed by atoms with van der Waals surface area (Å²) in [5.41, 5.74) is 8.46. The number of pyridine rings is 1. The van der Waals surface area contributed by atoms with Gasteiger partial charge in [0.1, 0.15) is 11.8 Å². The van der Waals surface area contributed by atoms with E-state index in [-0.39, 0.29) is 0 Å². The molecule has 3 N–H and O–H groups in total. The van der Waals surface area contributed by atoms with Crippen LogP contribution < -0.4 is 15.8 Å². The fourth-order valence-electron chi connectivity index (χ4n) is 3.19. The molecule has 3 aromatic rings. The second-order valence-electron chi connectivity index (χ2n) is 6.14. The second-order valence-corrected chi connectivity index (χ2v) is 6.14. The first kappa shape index (κ1) is 16.8. The fourth-order valence-corrected chi connectivity index (χ4v) is 3.19. The molecule has 4 rings (SSSR count). The lowest BCUT2D eigenvalue weighted by molar-refractivity contribution is -0.115. The zero-order valence-corrected chi connectivity index (χ0v) is 14.9. The molecule has 1 aromatic carbocycles. The summed E-state index contributed by atoms with van der Waals surface area (Å²) in [6.07, 6.45) is 3.35. The van der Waals surface area contributed by atoms with Gasteiger partial charge in [-0.3, -0.25) is 9.78 Å². The number of anilines is 1. The molecule has 136 valence electrons. The molecule has 0 aliphatic carbocycles. The zero-order valence-electron chi connectivity index (χ0n) is 14.9. The first-order chi connectivity index (χ1) is 13.1. The van der Waals surface area contributed by atoms with Gasteiger partial charge in [-0.25, -0.2) is 4.68 Å². The van der Waals surface area contributed by atoms with E-state index < -0.39 is 11.9 Å². The van der Waals surface area contributed by atoms with Crippen LogP contribution in [-0.4, -0.2) is 32.8 Å². The Morgan fingerprint density at radius 1 is 1.19 bits per heavy atom. The van der Waals surface area contributed by atoms with E-state index in [1.165, 1.54) is 0 Å². The summed E-state index contributed by atoms with van der Waals surface area (Å²) < 4.78 is 6.88. The highest BCUT2D eigenvalue weighted by molar-refractivity contribution is 5.95. The van der Waals surface area contributed by atoms with Gasteiger partial charge < -0.3 is 15.8 Å². The lowest BCUT2D eigenvalue weighted by Gasteiger charge is -2.27. The molecule has 1 atom stereocenters. The molecule has 1 amide bonds. The maximum Gasteiger partial charge on any atom is 0.248 e. The first-order valence-corrected chi connectivity index (χ1v) is 8.37. The van der Waals surface area contributed by atoms with Crippen molar-refractivity contribution in [2.45, 2.75) is 13.0 Å². The summed E-state index contributed by atoms with van der Waals surface area (Å²) in [6.45, 7) is 1.81. The number of amides is 1. The van der Waals surface area contributed by atoms with Crippen molar-refractivity contribution in [3.05, 3.63) is 65.6 Å². The number of allylic oxidation sites excluding steroid dienone is 1. The number of nitrogens with one attached hydrogen (secondary N) is 1. The Morgan fingerprint density at radius 2 is 1.89 bits per heavy atom. The average molecular weight is 362 g/mol. The largest absolute Gasteiger partial charge is 0.497 e. The molecule has 27 heavy (non-hydrogen) atoms. The van der Waals surface area contributed by atoms with Crippen molar-refractivity contribution in [2.24, 2.45) is 5.73 Å². The minimum Gasteiger partial charge on any atom is -0.497 e. The van der Waals surface area contributed by atoms with Crippen molar-refractivity contribution < 1.29 is 9.53 Å². The Kier molecular flexibility index (Phi) is 4.08. The maximum atomic E-state index is 12.1. The molecule has 2 aromatic heterocycles. The van der Waals surface area contributed by atoms with E-state index in [9.17, 15) is 4.79 Å². The molecule has 0 saturated heterocycles. The van der Waals surface area contributed by atoms with E-state index in [4.69, 9.17) is 10.5 Å². The molecule has 3 heterocycles. The number of hydrogen-bond acceptors (Lipinski definition) is 6. The Balaban J connectivity index is 1.83. The molecular formula is C19H18N6O2. The van der Waals surface area contributed by atoms with Gasteiger partial charge in [-0.05, 0) is 48.9 Å². The molecule has 0 spiro atoms. The molecule has 8 nitrogen and oxygen atoms in total. The average Bonchev–Trinajstić information content (AvgIpc) is 3.11. The van der Waals surface area contributed by atoms with Gasteiger partial charge >= 0.3 is 0 Å². The summed E-state index contributed by atoms with van der Waals surface area (Å²) in [6, 6.07) is 10.7. The lowest BCUT2D eigenvalue weighted by Crippen LogP contribution is -2.31. The lowest BCUT2D eigenvalue weighted by atomic mass is 9.96. The molecule has 0 bridgehead atoms. The van der Waals surface area contributed by atoms with Gasteiger partial charge in [0.15, 0.2) is 5.82 Å². The van der Waals surface area contributed by atoms with Crippen LogP contribution in [0, 0.1) is 0 Å². The number of benzene rings is 1. The number of carbonyl (C=O) groups is 1. The standard InChI is InChI=1S/C19H18N6O2/c1-11-15(17(20)26)16(12-7-9-21-10-8-12)25-19(22-11)23-18(24-25)13-3-5-14(27-2)6-4-13/h3-10,16H,1-2H3,(H2,20,26)(H,22,23,24)/t16-/m0/s1. The van der Waals surface area contributed by atoms with Gasteiger partial charge in [-0.2, -0.15) is 4.98 Å². The number of fused-ring (bicyclic) bond motifs is 1. The van der Waals surface area contributed by atoms with Gasteiger partial charge in [0, 0.05) is 23.7 Å². The summed E-state index contributed by atoms with van der Waals surface area (Å²) in [5, 5.41) is 7.77. The van der Waals surface area contributed by atoms with Crippen LogP contribution in [0.1, 0.15) is 18.5 Å².